The van der Waals surface area contributed by atoms with Crippen LogP contribution < -0.4 is 0 Å². The molecule has 12 heavy (non-hydrogen) atoms. The fraction of sp³-hybridized carbons (Fsp3) is 0.900. The SMILES string of the molecule is CC(=O)O[C@@H](C(C)C)C(C)(C)C. The molecule has 0 saturated heterocycles. The van der Waals surface area contributed by atoms with Crippen molar-refractivity contribution >= 4 is 5.97 Å². The molecule has 2 heteroatoms. The maximum Gasteiger partial charge on any atom is 0.302 e. The molecule has 0 aromatic carbocycles. The van der Waals surface area contributed by atoms with Crippen LogP contribution in [0.25, 0.3) is 0 Å². The number of esters is 1. The van der Waals surface area contributed by atoms with E-state index < -0.39 is 0 Å². The van der Waals surface area contributed by atoms with E-state index >= 15 is 0 Å². The Morgan fingerprint density at radius 2 is 1.67 bits per heavy atom. The van der Waals surface area contributed by atoms with Crippen LogP contribution in [-0.2, 0) is 9.53 Å². The average Bonchev–Trinajstić information content (AvgIpc) is 1.79. The van der Waals surface area contributed by atoms with Crippen LogP contribution in [0.2, 0.25) is 0 Å². The quantitative estimate of drug-likeness (QED) is 0.598. The van der Waals surface area contributed by atoms with Gasteiger partial charge in [0.2, 0.25) is 0 Å². The molecule has 0 N–H and O–H groups in total. The lowest BCUT2D eigenvalue weighted by atomic mass is 9.82. The molecule has 0 heterocycles. The smallest absolute Gasteiger partial charge is 0.302 e. The van der Waals surface area contributed by atoms with Gasteiger partial charge in [0.25, 0.3) is 0 Å². The first kappa shape index (κ1) is 11.5. The molecule has 0 amide bonds. The highest BCUT2D eigenvalue weighted by Gasteiger charge is 2.29. The van der Waals surface area contributed by atoms with Crippen LogP contribution in [0.3, 0.4) is 0 Å². The first-order chi connectivity index (χ1) is 5.25. The van der Waals surface area contributed by atoms with E-state index in [1.165, 1.54) is 6.92 Å². The summed E-state index contributed by atoms with van der Waals surface area (Å²) < 4.78 is 5.24. The van der Waals surface area contributed by atoms with Crippen molar-refractivity contribution in [1.82, 2.24) is 0 Å². The van der Waals surface area contributed by atoms with E-state index in [1.54, 1.807) is 0 Å². The van der Waals surface area contributed by atoms with Gasteiger partial charge in [-0.2, -0.15) is 0 Å². The first-order valence-corrected chi connectivity index (χ1v) is 4.42. The summed E-state index contributed by atoms with van der Waals surface area (Å²) in [6.45, 7) is 11.8. The Bertz CT molecular complexity index is 154. The van der Waals surface area contributed by atoms with Gasteiger partial charge in [-0.1, -0.05) is 34.6 Å². The Morgan fingerprint density at radius 1 is 1.25 bits per heavy atom. The third kappa shape index (κ3) is 3.74. The summed E-state index contributed by atoms with van der Waals surface area (Å²) in [6.07, 6.45) is 0.00926. The molecule has 0 radical (unpaired) electrons. The topological polar surface area (TPSA) is 26.3 Å². The molecule has 2 nitrogen and oxygen atoms in total. The van der Waals surface area contributed by atoms with E-state index in [0.717, 1.165) is 0 Å². The minimum Gasteiger partial charge on any atom is -0.462 e. The lowest BCUT2D eigenvalue weighted by Gasteiger charge is -2.32. The molecule has 1 atom stereocenters. The van der Waals surface area contributed by atoms with Gasteiger partial charge in [0.05, 0.1) is 0 Å². The fourth-order valence-corrected chi connectivity index (χ4v) is 1.49. The Labute approximate surface area is 75.3 Å². The second-order valence-electron chi connectivity index (χ2n) is 4.64. The fourth-order valence-electron chi connectivity index (χ4n) is 1.49. The molecule has 0 aliphatic rings. The van der Waals surface area contributed by atoms with Crippen molar-refractivity contribution in [3.8, 4) is 0 Å². The lowest BCUT2D eigenvalue weighted by molar-refractivity contribution is -0.155. The molecule has 0 unspecified atom stereocenters. The summed E-state index contributed by atoms with van der Waals surface area (Å²) in [5, 5.41) is 0. The summed E-state index contributed by atoms with van der Waals surface area (Å²) >= 11 is 0. The van der Waals surface area contributed by atoms with Crippen molar-refractivity contribution in [3.05, 3.63) is 0 Å². The summed E-state index contributed by atoms with van der Waals surface area (Å²) in [7, 11) is 0. The van der Waals surface area contributed by atoms with Gasteiger partial charge in [0.15, 0.2) is 0 Å². The van der Waals surface area contributed by atoms with E-state index in [1.807, 2.05) is 0 Å². The maximum absolute atomic E-state index is 10.8. The maximum atomic E-state index is 10.8. The number of rotatable bonds is 2. The van der Waals surface area contributed by atoms with Crippen LogP contribution >= 0.6 is 0 Å². The Balaban J connectivity index is 4.35. The zero-order chi connectivity index (χ0) is 9.94. The van der Waals surface area contributed by atoms with Crippen molar-refractivity contribution in [2.24, 2.45) is 11.3 Å². The van der Waals surface area contributed by atoms with E-state index in [0.29, 0.717) is 5.92 Å². The van der Waals surface area contributed by atoms with Crippen LogP contribution in [0.5, 0.6) is 0 Å². The summed E-state index contributed by atoms with van der Waals surface area (Å²) in [4.78, 5) is 10.8. The van der Waals surface area contributed by atoms with Crippen LogP contribution in [0.15, 0.2) is 0 Å². The Kier molecular flexibility index (Phi) is 3.75. The molecule has 0 fully saturated rings. The number of hydrogen-bond donors (Lipinski definition) is 0. The number of carbonyl (C=O) groups is 1. The molecule has 0 saturated carbocycles. The van der Waals surface area contributed by atoms with Crippen LogP contribution in [0.4, 0.5) is 0 Å². The van der Waals surface area contributed by atoms with Gasteiger partial charge < -0.3 is 4.74 Å². The largest absolute Gasteiger partial charge is 0.462 e. The average molecular weight is 172 g/mol. The van der Waals surface area contributed by atoms with Gasteiger partial charge in [-0.05, 0) is 11.3 Å². The third-order valence-corrected chi connectivity index (χ3v) is 1.75. The number of carbonyl (C=O) groups excluding carboxylic acids is 1. The molecule has 0 spiro atoms. The highest BCUT2D eigenvalue weighted by molar-refractivity contribution is 5.66. The highest BCUT2D eigenvalue weighted by Crippen LogP contribution is 2.27. The standard InChI is InChI=1S/C10H20O2/c1-7(2)9(10(4,5)6)12-8(3)11/h7,9H,1-6H3/t9-/m0/s1. The first-order valence-electron chi connectivity index (χ1n) is 4.42. The van der Waals surface area contributed by atoms with E-state index in [-0.39, 0.29) is 17.5 Å². The van der Waals surface area contributed by atoms with Gasteiger partial charge in [-0.3, -0.25) is 4.79 Å². The molecule has 0 bridgehead atoms. The van der Waals surface area contributed by atoms with Crippen molar-refractivity contribution in [1.29, 1.82) is 0 Å². The molecule has 0 aromatic heterocycles. The van der Waals surface area contributed by atoms with E-state index in [9.17, 15) is 4.79 Å². The van der Waals surface area contributed by atoms with Gasteiger partial charge in [0, 0.05) is 6.92 Å². The van der Waals surface area contributed by atoms with Crippen molar-refractivity contribution in [2.45, 2.75) is 47.6 Å². The normalized spacial score (nSPS) is 14.6. The van der Waals surface area contributed by atoms with Crippen LogP contribution in [-0.4, -0.2) is 12.1 Å². The van der Waals surface area contributed by atoms with E-state index in [2.05, 4.69) is 34.6 Å². The van der Waals surface area contributed by atoms with Gasteiger partial charge in [-0.25, -0.2) is 0 Å². The summed E-state index contributed by atoms with van der Waals surface area (Å²) in [5.74, 6) is 0.178. The predicted molar refractivity (Wildman–Crippen MR) is 49.8 cm³/mol. The molecule has 0 rings (SSSR count). The minimum absolute atomic E-state index is 0.00926. The van der Waals surface area contributed by atoms with E-state index in [4.69, 9.17) is 4.74 Å². The number of hydrogen-bond acceptors (Lipinski definition) is 2. The van der Waals surface area contributed by atoms with Crippen LogP contribution in [0, 0.1) is 11.3 Å². The predicted octanol–water partition coefficient (Wildman–Crippen LogP) is 2.62. The summed E-state index contributed by atoms with van der Waals surface area (Å²) in [5.41, 5.74) is 0.0276. The van der Waals surface area contributed by atoms with Crippen LogP contribution in [0.1, 0.15) is 41.5 Å². The molecule has 0 aromatic rings. The minimum atomic E-state index is -0.191. The van der Waals surface area contributed by atoms with Crippen molar-refractivity contribution in [2.75, 3.05) is 0 Å². The lowest BCUT2D eigenvalue weighted by Crippen LogP contribution is -2.35. The second-order valence-corrected chi connectivity index (χ2v) is 4.64. The third-order valence-electron chi connectivity index (χ3n) is 1.75. The van der Waals surface area contributed by atoms with Gasteiger partial charge >= 0.3 is 5.97 Å². The molecular weight excluding hydrogens is 152 g/mol. The zero-order valence-electron chi connectivity index (χ0n) is 8.97. The Hall–Kier alpha value is -0.530. The van der Waals surface area contributed by atoms with Gasteiger partial charge in [0.1, 0.15) is 6.10 Å². The molecule has 72 valence electrons. The Morgan fingerprint density at radius 3 is 1.75 bits per heavy atom. The highest BCUT2D eigenvalue weighted by atomic mass is 16.5. The number of ether oxygens (including phenoxy) is 1. The molecule has 0 aliphatic heterocycles. The second kappa shape index (κ2) is 3.92. The van der Waals surface area contributed by atoms with Crippen molar-refractivity contribution in [3.63, 3.8) is 0 Å². The van der Waals surface area contributed by atoms with Gasteiger partial charge in [-0.15, -0.1) is 0 Å². The molecule has 0 aliphatic carbocycles. The summed E-state index contributed by atoms with van der Waals surface area (Å²) in [6, 6.07) is 0. The molecular formula is C10H20O2. The monoisotopic (exact) mass is 172 g/mol. The van der Waals surface area contributed by atoms with Crippen molar-refractivity contribution < 1.29 is 9.53 Å². The zero-order valence-corrected chi connectivity index (χ0v) is 8.97.